The van der Waals surface area contributed by atoms with Crippen LogP contribution in [-0.4, -0.2) is 136 Å². The number of pyridine rings is 1. The third-order valence-corrected chi connectivity index (χ3v) is 12.3. The molecule has 2 aliphatic heterocycles. The van der Waals surface area contributed by atoms with Gasteiger partial charge < -0.3 is 52.5 Å². The van der Waals surface area contributed by atoms with Gasteiger partial charge in [-0.25, -0.2) is 9.59 Å². The van der Waals surface area contributed by atoms with Crippen LogP contribution in [0.3, 0.4) is 0 Å². The number of hydrogen-bond donors (Lipinski definition) is 1. The summed E-state index contributed by atoms with van der Waals surface area (Å²) in [6, 6.07) is 2.85. The first-order valence-electron chi connectivity index (χ1n) is 20.1. The molecule has 1 aromatic heterocycles. The molecule has 2 saturated carbocycles. The van der Waals surface area contributed by atoms with Crippen LogP contribution in [0.4, 0.5) is 0 Å². The summed E-state index contributed by atoms with van der Waals surface area (Å²) in [6.45, 7) is 11.5. The fourth-order valence-corrected chi connectivity index (χ4v) is 9.73. The van der Waals surface area contributed by atoms with Crippen LogP contribution in [0.25, 0.3) is 0 Å². The SMILES string of the molecule is CC(=O)OC[C@]12[C@H](OC(C)=O)[C@@H](OC(C)=O)[C@H]3OC(=O)[C@H](C)[C@@H](C)c4ncccc4C(=O)OC[C@]4(C)O[C@]1([C@@H](OC(C)=O)[C@@H]4[C@@H](OC(C)=O)[C@@H]2OC(=O)C(C)(C)OC(C)=O)[C@@]3(C)O. The quantitative estimate of drug-likeness (QED) is 0.271. The van der Waals surface area contributed by atoms with Gasteiger partial charge >= 0.3 is 53.7 Å². The highest BCUT2D eigenvalue weighted by molar-refractivity contribution is 5.91. The number of carbonyl (C=O) groups is 9. The van der Waals surface area contributed by atoms with Crippen LogP contribution in [0.15, 0.2) is 18.3 Å². The van der Waals surface area contributed by atoms with E-state index < -0.39 is 149 Å². The lowest BCUT2D eigenvalue weighted by Crippen LogP contribution is -2.89. The highest BCUT2D eigenvalue weighted by Gasteiger charge is 2.92. The molecule has 4 bridgehead atoms. The number of rotatable bonds is 9. The minimum Gasteiger partial charge on any atom is -0.465 e. The minimum absolute atomic E-state index is 0.0823. The highest BCUT2D eigenvalue weighted by Crippen LogP contribution is 2.70. The summed E-state index contributed by atoms with van der Waals surface area (Å²) in [5.74, 6) is -13.5. The number of hydrogen-bond acceptors (Lipinski definition) is 21. The average Bonchev–Trinajstić information content (AvgIpc) is 3.38. The van der Waals surface area contributed by atoms with Crippen molar-refractivity contribution in [2.24, 2.45) is 17.3 Å². The second kappa shape index (κ2) is 17.1. The number of aromatic nitrogens is 1. The van der Waals surface area contributed by atoms with Gasteiger partial charge in [0.1, 0.15) is 42.0 Å². The lowest BCUT2D eigenvalue weighted by Gasteiger charge is -2.67. The van der Waals surface area contributed by atoms with Crippen LogP contribution in [0, 0.1) is 17.3 Å². The zero-order valence-electron chi connectivity index (χ0n) is 37.0. The number of carbonyl (C=O) groups excluding carboxylic acids is 9. The third-order valence-electron chi connectivity index (χ3n) is 12.3. The van der Waals surface area contributed by atoms with E-state index in [1.807, 2.05) is 0 Å². The average molecular weight is 892 g/mol. The van der Waals surface area contributed by atoms with E-state index in [1.54, 1.807) is 6.92 Å². The maximum Gasteiger partial charge on any atom is 0.350 e. The van der Waals surface area contributed by atoms with Crippen molar-refractivity contribution in [3.05, 3.63) is 29.6 Å². The predicted octanol–water partition coefficient (Wildman–Crippen LogP) is 1.36. The van der Waals surface area contributed by atoms with Crippen molar-refractivity contribution in [3.8, 4) is 0 Å². The number of esters is 9. The van der Waals surface area contributed by atoms with Gasteiger partial charge in [-0.05, 0) is 39.8 Å². The second-order valence-electron chi connectivity index (χ2n) is 17.2. The predicted molar refractivity (Wildman–Crippen MR) is 205 cm³/mol. The van der Waals surface area contributed by atoms with Crippen molar-refractivity contribution in [1.29, 1.82) is 0 Å². The Hall–Kier alpha value is -5.70. The van der Waals surface area contributed by atoms with Gasteiger partial charge in [-0.2, -0.15) is 0 Å². The summed E-state index contributed by atoms with van der Waals surface area (Å²) >= 11 is 0. The van der Waals surface area contributed by atoms with E-state index in [4.69, 9.17) is 47.4 Å². The first-order chi connectivity index (χ1) is 29.1. The molecule has 21 nitrogen and oxygen atoms in total. The van der Waals surface area contributed by atoms with Crippen molar-refractivity contribution in [3.63, 3.8) is 0 Å². The summed E-state index contributed by atoms with van der Waals surface area (Å²) in [4.78, 5) is 126. The van der Waals surface area contributed by atoms with Crippen LogP contribution >= 0.6 is 0 Å². The Kier molecular flexibility index (Phi) is 13.1. The van der Waals surface area contributed by atoms with Gasteiger partial charge in [0.25, 0.3) is 0 Å². The molecule has 3 heterocycles. The summed E-state index contributed by atoms with van der Waals surface area (Å²) in [7, 11) is 0. The second-order valence-corrected chi connectivity index (χ2v) is 17.2. The normalized spacial score (nSPS) is 35.9. The molecule has 63 heavy (non-hydrogen) atoms. The molecule has 13 atom stereocenters. The third kappa shape index (κ3) is 8.20. The number of cyclic esters (lactones) is 1. The molecule has 0 unspecified atom stereocenters. The minimum atomic E-state index is -2.93. The monoisotopic (exact) mass is 891 g/mol. The van der Waals surface area contributed by atoms with Crippen molar-refractivity contribution in [1.82, 2.24) is 4.98 Å². The number of ether oxygens (including phenoxy) is 10. The van der Waals surface area contributed by atoms with E-state index in [0.29, 0.717) is 0 Å². The Labute approximate surface area is 362 Å². The van der Waals surface area contributed by atoms with Gasteiger partial charge in [0.05, 0.1) is 23.1 Å². The van der Waals surface area contributed by atoms with E-state index in [0.717, 1.165) is 62.3 Å². The summed E-state index contributed by atoms with van der Waals surface area (Å²) in [6.07, 6.45) is -11.4. The van der Waals surface area contributed by atoms with Crippen LogP contribution in [0.5, 0.6) is 0 Å². The molecule has 21 heteroatoms. The largest absolute Gasteiger partial charge is 0.465 e. The van der Waals surface area contributed by atoms with E-state index in [9.17, 15) is 48.3 Å². The fraction of sp³-hybridized carbons (Fsp3) is 0.667. The molecular weight excluding hydrogens is 838 g/mol. The molecule has 1 aromatic rings. The van der Waals surface area contributed by atoms with Gasteiger partial charge in [0, 0.05) is 53.7 Å². The standard InChI is InChI=1S/C42H53NO20/c1-18-19(2)35(50)60-32-30(57-22(5)46)34(59-24(7)48)41(17-54-20(3)44)33(61-37(52)38(9,10)62-25(8)49)29(56-21(4)45)27-31(58-23(6)47)42(41,40(32,12)53)63-39(27,11)16-55-36(51)26-14-13-15-43-28(18)26/h13-15,18-19,27,29-34,53H,16-17H2,1-12H3/t18-,19-,27+,29-,30+,31+,32-,33+,34-,39+,40+,41+,42-/m1/s1. The topological polar surface area (TPSA) is 279 Å². The Morgan fingerprint density at radius 1 is 0.778 bits per heavy atom. The van der Waals surface area contributed by atoms with Crippen LogP contribution in [0.2, 0.25) is 0 Å². The Morgan fingerprint density at radius 2 is 1.33 bits per heavy atom. The zero-order chi connectivity index (χ0) is 47.4. The summed E-state index contributed by atoms with van der Waals surface area (Å²) in [5.41, 5.74) is -12.9. The molecule has 0 radical (unpaired) electrons. The van der Waals surface area contributed by atoms with Gasteiger partial charge in [0.2, 0.25) is 5.60 Å². The molecule has 1 saturated heterocycles. The maximum atomic E-state index is 14.5. The van der Waals surface area contributed by atoms with Gasteiger partial charge in [-0.15, -0.1) is 0 Å². The maximum absolute atomic E-state index is 14.5. The molecule has 0 aromatic carbocycles. The van der Waals surface area contributed by atoms with Crippen LogP contribution < -0.4 is 0 Å². The molecule has 1 N–H and O–H groups in total. The number of nitrogens with zero attached hydrogens (tertiary/aromatic N) is 1. The number of fused-ring (bicyclic) bond motifs is 5. The van der Waals surface area contributed by atoms with Gasteiger partial charge in [-0.3, -0.25) is 38.5 Å². The zero-order valence-corrected chi connectivity index (χ0v) is 37.0. The van der Waals surface area contributed by atoms with E-state index in [2.05, 4.69) is 4.98 Å². The number of aliphatic hydroxyl groups is 1. The fourth-order valence-electron chi connectivity index (χ4n) is 9.73. The molecule has 4 aliphatic rings. The Bertz CT molecular complexity index is 2080. The lowest BCUT2D eigenvalue weighted by atomic mass is 9.45. The first-order valence-corrected chi connectivity index (χ1v) is 20.1. The van der Waals surface area contributed by atoms with Gasteiger partial charge in [-0.1, -0.05) is 13.8 Å². The van der Waals surface area contributed by atoms with E-state index in [-0.39, 0.29) is 11.3 Å². The van der Waals surface area contributed by atoms with Crippen LogP contribution in [0.1, 0.15) is 105 Å². The van der Waals surface area contributed by atoms with Crippen molar-refractivity contribution in [2.45, 2.75) is 148 Å². The highest BCUT2D eigenvalue weighted by atomic mass is 16.7. The van der Waals surface area contributed by atoms with Gasteiger partial charge in [0.15, 0.2) is 30.0 Å². The van der Waals surface area contributed by atoms with E-state index in [1.165, 1.54) is 32.2 Å². The smallest absolute Gasteiger partial charge is 0.350 e. The van der Waals surface area contributed by atoms with Crippen molar-refractivity contribution in [2.75, 3.05) is 13.2 Å². The van der Waals surface area contributed by atoms with Crippen LogP contribution in [-0.2, 0) is 85.7 Å². The Morgan fingerprint density at radius 3 is 1.89 bits per heavy atom. The van der Waals surface area contributed by atoms with E-state index >= 15 is 0 Å². The Balaban J connectivity index is 2.04. The van der Waals surface area contributed by atoms with Crippen molar-refractivity contribution >= 4 is 53.7 Å². The molecule has 5 rings (SSSR count). The molecular formula is C42H53NO20. The first kappa shape index (κ1) is 48.3. The summed E-state index contributed by atoms with van der Waals surface area (Å²) in [5, 5.41) is 13.6. The molecule has 0 amide bonds. The van der Waals surface area contributed by atoms with Crippen molar-refractivity contribution < 1.29 is 95.6 Å². The molecule has 346 valence electrons. The molecule has 2 aliphatic carbocycles. The molecule has 3 fully saturated rings. The molecule has 1 spiro atoms. The lowest BCUT2D eigenvalue weighted by molar-refractivity contribution is -0.387. The summed E-state index contributed by atoms with van der Waals surface area (Å²) < 4.78 is 60.3.